The van der Waals surface area contributed by atoms with Gasteiger partial charge in [-0.05, 0) is 51.2 Å². The predicted molar refractivity (Wildman–Crippen MR) is 112 cm³/mol. The number of rotatable bonds is 4. The van der Waals surface area contributed by atoms with Crippen LogP contribution in [0.4, 0.5) is 15.6 Å². The van der Waals surface area contributed by atoms with E-state index in [9.17, 15) is 15.0 Å². The van der Waals surface area contributed by atoms with Crippen molar-refractivity contribution in [2.45, 2.75) is 57.3 Å². The lowest BCUT2D eigenvalue weighted by atomic mass is 9.92. The first kappa shape index (κ1) is 18.7. The van der Waals surface area contributed by atoms with Gasteiger partial charge in [-0.3, -0.25) is 4.90 Å². The summed E-state index contributed by atoms with van der Waals surface area (Å²) in [6.07, 6.45) is 3.82. The number of aliphatic hydroxyl groups excluding tert-OH is 1. The molecule has 0 bridgehead atoms. The van der Waals surface area contributed by atoms with Crippen molar-refractivity contribution in [1.82, 2.24) is 4.98 Å². The first-order chi connectivity index (χ1) is 14.0. The Kier molecular flexibility index (Phi) is 4.63. The third kappa shape index (κ3) is 3.24. The average molecular weight is 416 g/mol. The molecule has 1 aliphatic carbocycles. The number of fused-ring (bicyclic) bond motifs is 1. The molecule has 154 valence electrons. The summed E-state index contributed by atoms with van der Waals surface area (Å²) in [6.45, 7) is 3.19. The molecule has 1 saturated carbocycles. The smallest absolute Gasteiger partial charge is 0.412 e. The van der Waals surface area contributed by atoms with E-state index in [-0.39, 0.29) is 18.2 Å². The van der Waals surface area contributed by atoms with Crippen LogP contribution in [0.3, 0.4) is 0 Å². The maximum Gasteiger partial charge on any atom is 0.412 e. The molecule has 1 saturated heterocycles. The van der Waals surface area contributed by atoms with Crippen LogP contribution < -0.4 is 14.5 Å². The molecule has 3 heterocycles. The zero-order valence-corrected chi connectivity index (χ0v) is 17.2. The Hall–Kier alpha value is -2.32. The van der Waals surface area contributed by atoms with Crippen LogP contribution in [0.5, 0.6) is 5.75 Å². The Balaban J connectivity index is 1.55. The van der Waals surface area contributed by atoms with Gasteiger partial charge in [0, 0.05) is 35.6 Å². The minimum absolute atomic E-state index is 0.0499. The summed E-state index contributed by atoms with van der Waals surface area (Å²) in [5.41, 5.74) is 3.49. The van der Waals surface area contributed by atoms with Crippen LogP contribution in [0.1, 0.15) is 38.2 Å². The van der Waals surface area contributed by atoms with Crippen molar-refractivity contribution >= 4 is 28.2 Å². The second-order valence-electron chi connectivity index (χ2n) is 8.23. The maximum absolute atomic E-state index is 11.9. The Labute approximate surface area is 173 Å². The van der Waals surface area contributed by atoms with Gasteiger partial charge >= 0.3 is 6.09 Å². The molecule has 0 radical (unpaired) electrons. The highest BCUT2D eigenvalue weighted by molar-refractivity contribution is 7.14. The number of ether oxygens (including phenoxy) is 1. The number of anilines is 2. The fourth-order valence-electron chi connectivity index (χ4n) is 4.23. The second kappa shape index (κ2) is 7.18. The van der Waals surface area contributed by atoms with Crippen LogP contribution in [-0.4, -0.2) is 52.6 Å². The van der Waals surface area contributed by atoms with Crippen LogP contribution in [-0.2, 0) is 6.42 Å². The van der Waals surface area contributed by atoms with Crippen molar-refractivity contribution in [2.75, 3.05) is 22.9 Å². The number of carboxylic acid groups (broad SMARTS) is 1. The van der Waals surface area contributed by atoms with Crippen molar-refractivity contribution in [3.8, 4) is 17.0 Å². The van der Waals surface area contributed by atoms with Crippen LogP contribution in [0.25, 0.3) is 11.3 Å². The summed E-state index contributed by atoms with van der Waals surface area (Å²) in [7, 11) is 0. The summed E-state index contributed by atoms with van der Waals surface area (Å²) in [4.78, 5) is 20.2. The molecule has 1 amide bonds. The van der Waals surface area contributed by atoms with E-state index in [1.54, 1.807) is 11.3 Å². The maximum atomic E-state index is 11.9. The average Bonchev–Trinajstić information content (AvgIpc) is 3.10. The number of hydrogen-bond acceptors (Lipinski definition) is 6. The van der Waals surface area contributed by atoms with E-state index >= 15 is 0 Å². The van der Waals surface area contributed by atoms with Crippen LogP contribution >= 0.6 is 11.3 Å². The molecule has 1 aromatic heterocycles. The van der Waals surface area contributed by atoms with Crippen LogP contribution in [0, 0.1) is 0 Å². The largest absolute Gasteiger partial charge is 0.489 e. The van der Waals surface area contributed by atoms with Crippen LogP contribution in [0.15, 0.2) is 17.5 Å². The van der Waals surface area contributed by atoms with Crippen molar-refractivity contribution in [3.05, 3.63) is 23.1 Å². The molecule has 29 heavy (non-hydrogen) atoms. The molecule has 2 aliphatic heterocycles. The van der Waals surface area contributed by atoms with E-state index < -0.39 is 6.09 Å². The summed E-state index contributed by atoms with van der Waals surface area (Å²) >= 11 is 1.56. The topological polar surface area (TPSA) is 86.1 Å². The molecule has 1 unspecified atom stereocenters. The Bertz CT molecular complexity index is 936. The number of carbonyl (C=O) groups is 1. The highest BCUT2D eigenvalue weighted by Gasteiger charge is 2.33. The molecule has 2 aromatic rings. The lowest BCUT2D eigenvalue weighted by Crippen LogP contribution is -2.50. The number of thiazole rings is 1. The molecule has 1 aromatic carbocycles. The van der Waals surface area contributed by atoms with E-state index in [2.05, 4.69) is 4.90 Å². The number of nitrogens with zero attached hydrogens (tertiary/aromatic N) is 3. The van der Waals surface area contributed by atoms with Crippen molar-refractivity contribution in [1.29, 1.82) is 0 Å². The number of hydrogen-bond donors (Lipinski definition) is 2. The molecule has 0 spiro atoms. The van der Waals surface area contributed by atoms with Crippen molar-refractivity contribution in [3.63, 3.8) is 0 Å². The zero-order valence-electron chi connectivity index (χ0n) is 16.4. The number of β-amino-alcohol motifs (C(OH)–C–C–N with tert-alkyl or cyclic N) is 1. The van der Waals surface area contributed by atoms with Gasteiger partial charge in [0.2, 0.25) is 0 Å². The fraction of sp³-hybridized carbons (Fsp3) is 0.524. The SMILES string of the molecule is CC1CCc2c(ccc(-c3csc(N4CC(O)C4)n3)c2OC2CCC2)N1C(=O)O. The molecular formula is C21H25N3O4S. The number of aromatic nitrogens is 1. The van der Waals surface area contributed by atoms with Gasteiger partial charge in [-0.2, -0.15) is 0 Å². The van der Waals surface area contributed by atoms with Gasteiger partial charge < -0.3 is 19.8 Å². The first-order valence-electron chi connectivity index (χ1n) is 10.2. The third-order valence-corrected chi connectivity index (χ3v) is 7.09. The predicted octanol–water partition coefficient (Wildman–Crippen LogP) is 3.74. The lowest BCUT2D eigenvalue weighted by Gasteiger charge is -2.36. The molecule has 3 aliphatic rings. The molecule has 2 fully saturated rings. The summed E-state index contributed by atoms with van der Waals surface area (Å²) in [6, 6.07) is 3.80. The first-order valence-corrected chi connectivity index (χ1v) is 11.1. The van der Waals surface area contributed by atoms with Crippen molar-refractivity contribution in [2.24, 2.45) is 0 Å². The van der Waals surface area contributed by atoms with Gasteiger partial charge in [-0.15, -0.1) is 11.3 Å². The van der Waals surface area contributed by atoms with E-state index in [0.717, 1.165) is 59.1 Å². The molecule has 8 heteroatoms. The number of amides is 1. The van der Waals surface area contributed by atoms with E-state index in [0.29, 0.717) is 13.1 Å². The number of benzene rings is 1. The summed E-state index contributed by atoms with van der Waals surface area (Å²) < 4.78 is 6.42. The fourth-order valence-corrected chi connectivity index (χ4v) is 5.08. The monoisotopic (exact) mass is 415 g/mol. The molecule has 1 atom stereocenters. The molecule has 2 N–H and O–H groups in total. The quantitative estimate of drug-likeness (QED) is 0.791. The standard InChI is InChI=1S/C21H25N3O4S/c1-12-5-6-16-18(24(12)21(26)27)8-7-15(19(16)28-14-3-2-4-14)17-11-29-20(22-17)23-9-13(25)10-23/h7-8,11-14,25H,2-6,9-10H2,1H3,(H,26,27). The Morgan fingerprint density at radius 1 is 1.28 bits per heavy atom. The Morgan fingerprint density at radius 3 is 2.72 bits per heavy atom. The van der Waals surface area contributed by atoms with Gasteiger partial charge in [0.05, 0.1) is 23.6 Å². The van der Waals surface area contributed by atoms with Gasteiger partial charge in [0.1, 0.15) is 5.75 Å². The normalized spacial score (nSPS) is 22.1. The highest BCUT2D eigenvalue weighted by Crippen LogP contribution is 2.45. The lowest BCUT2D eigenvalue weighted by molar-refractivity contribution is 0.119. The van der Waals surface area contributed by atoms with Crippen LogP contribution in [0.2, 0.25) is 0 Å². The molecule has 5 rings (SSSR count). The summed E-state index contributed by atoms with van der Waals surface area (Å²) in [5, 5.41) is 22.2. The highest BCUT2D eigenvalue weighted by atomic mass is 32.1. The number of aliphatic hydroxyl groups is 1. The molecular weight excluding hydrogens is 390 g/mol. The minimum Gasteiger partial charge on any atom is -0.489 e. The summed E-state index contributed by atoms with van der Waals surface area (Å²) in [5.74, 6) is 0.797. The van der Waals surface area contributed by atoms with Gasteiger partial charge in [-0.25, -0.2) is 9.78 Å². The second-order valence-corrected chi connectivity index (χ2v) is 9.06. The van der Waals surface area contributed by atoms with Gasteiger partial charge in [0.15, 0.2) is 5.13 Å². The van der Waals surface area contributed by atoms with Gasteiger partial charge in [0.25, 0.3) is 0 Å². The van der Waals surface area contributed by atoms with E-state index in [4.69, 9.17) is 9.72 Å². The van der Waals surface area contributed by atoms with E-state index in [1.807, 2.05) is 24.4 Å². The minimum atomic E-state index is -0.923. The van der Waals surface area contributed by atoms with E-state index in [1.165, 1.54) is 11.3 Å². The Morgan fingerprint density at radius 2 is 2.07 bits per heavy atom. The third-order valence-electron chi connectivity index (χ3n) is 6.19. The molecule has 7 nitrogen and oxygen atoms in total. The van der Waals surface area contributed by atoms with Crippen molar-refractivity contribution < 1.29 is 19.7 Å². The van der Waals surface area contributed by atoms with Gasteiger partial charge in [-0.1, -0.05) is 0 Å². The zero-order chi connectivity index (χ0) is 20.1.